The number of amides is 1. The van der Waals surface area contributed by atoms with Gasteiger partial charge < -0.3 is 10.6 Å². The fraction of sp³-hybridized carbons (Fsp3) is 0.611. The number of carbonyl (C=O) groups excluding carboxylic acids is 1. The first-order valence-corrected chi connectivity index (χ1v) is 8.11. The van der Waals surface area contributed by atoms with Crippen molar-refractivity contribution < 1.29 is 4.79 Å². The van der Waals surface area contributed by atoms with Gasteiger partial charge in [0.1, 0.15) is 0 Å². The molecule has 4 heteroatoms. The van der Waals surface area contributed by atoms with Crippen LogP contribution in [0.2, 0.25) is 0 Å². The lowest BCUT2D eigenvalue weighted by molar-refractivity contribution is -0.132. The lowest BCUT2D eigenvalue weighted by Gasteiger charge is -2.23. The summed E-state index contributed by atoms with van der Waals surface area (Å²) in [5, 5.41) is 0. The fourth-order valence-electron chi connectivity index (χ4n) is 2.51. The van der Waals surface area contributed by atoms with Crippen LogP contribution in [-0.2, 0) is 11.3 Å². The van der Waals surface area contributed by atoms with E-state index in [9.17, 15) is 4.79 Å². The molecule has 0 heterocycles. The Morgan fingerprint density at radius 3 is 2.27 bits per heavy atom. The molecule has 3 nitrogen and oxygen atoms in total. The van der Waals surface area contributed by atoms with Crippen LogP contribution in [0.3, 0.4) is 0 Å². The highest BCUT2D eigenvalue weighted by molar-refractivity contribution is 5.85. The molecule has 1 saturated carbocycles. The van der Waals surface area contributed by atoms with E-state index >= 15 is 0 Å². The Kier molecular flexibility index (Phi) is 7.37. The molecular weight excluding hydrogens is 296 g/mol. The van der Waals surface area contributed by atoms with Crippen LogP contribution in [0.15, 0.2) is 24.3 Å². The molecule has 0 bridgehead atoms. The summed E-state index contributed by atoms with van der Waals surface area (Å²) >= 11 is 0. The Balaban J connectivity index is 0.00000242. The van der Waals surface area contributed by atoms with Gasteiger partial charge in [0.15, 0.2) is 0 Å². The second kappa shape index (κ2) is 8.54. The number of rotatable bonds is 7. The van der Waals surface area contributed by atoms with E-state index in [0.717, 1.165) is 25.8 Å². The molecule has 124 valence electrons. The zero-order valence-corrected chi connectivity index (χ0v) is 14.7. The largest absolute Gasteiger partial charge is 0.335 e. The van der Waals surface area contributed by atoms with Crippen molar-refractivity contribution in [2.45, 2.75) is 71.0 Å². The van der Waals surface area contributed by atoms with E-state index in [0.29, 0.717) is 18.4 Å². The Morgan fingerprint density at radius 1 is 1.23 bits per heavy atom. The zero-order chi connectivity index (χ0) is 15.4. The monoisotopic (exact) mass is 324 g/mol. The zero-order valence-electron chi connectivity index (χ0n) is 13.9. The van der Waals surface area contributed by atoms with Gasteiger partial charge in [-0.3, -0.25) is 4.79 Å². The lowest BCUT2D eigenvalue weighted by Crippen LogP contribution is -2.33. The molecule has 0 saturated heterocycles. The average molecular weight is 325 g/mol. The van der Waals surface area contributed by atoms with Gasteiger partial charge >= 0.3 is 0 Å². The summed E-state index contributed by atoms with van der Waals surface area (Å²) in [5.74, 6) is 0.800. The second-order valence-corrected chi connectivity index (χ2v) is 6.67. The standard InChI is InChI=1S/C18H28N2O.ClH/c1-13(2)16-7-5-15(6-8-16)12-20(17-9-10-17)18(21)11-4-14(3)19;/h5-8,13-14,17H,4,9-12,19H2,1-3H3;1H. The Labute approximate surface area is 140 Å². The Hall–Kier alpha value is -1.06. The van der Waals surface area contributed by atoms with E-state index < -0.39 is 0 Å². The molecule has 22 heavy (non-hydrogen) atoms. The summed E-state index contributed by atoms with van der Waals surface area (Å²) in [5.41, 5.74) is 8.33. The molecule has 2 rings (SSSR count). The van der Waals surface area contributed by atoms with Gasteiger partial charge in [-0.05, 0) is 43.2 Å². The summed E-state index contributed by atoms with van der Waals surface area (Å²) in [6, 6.07) is 9.22. The van der Waals surface area contributed by atoms with Crippen LogP contribution in [0.25, 0.3) is 0 Å². The van der Waals surface area contributed by atoms with Crippen molar-refractivity contribution in [2.24, 2.45) is 5.73 Å². The Bertz CT molecular complexity index is 466. The highest BCUT2D eigenvalue weighted by Gasteiger charge is 2.32. The third kappa shape index (κ3) is 5.62. The number of nitrogens with zero attached hydrogens (tertiary/aromatic N) is 1. The number of nitrogens with two attached hydrogens (primary N) is 1. The molecule has 0 aromatic heterocycles. The third-order valence-electron chi connectivity index (χ3n) is 4.12. The van der Waals surface area contributed by atoms with E-state index in [1.807, 2.05) is 11.8 Å². The number of carbonyl (C=O) groups is 1. The predicted molar refractivity (Wildman–Crippen MR) is 94.2 cm³/mol. The quantitative estimate of drug-likeness (QED) is 0.828. The molecule has 1 aromatic rings. The van der Waals surface area contributed by atoms with E-state index in [1.54, 1.807) is 0 Å². The van der Waals surface area contributed by atoms with Crippen LogP contribution in [0.1, 0.15) is 63.5 Å². The molecule has 1 aliphatic carbocycles. The molecule has 1 amide bonds. The van der Waals surface area contributed by atoms with Gasteiger partial charge in [0, 0.05) is 25.0 Å². The minimum atomic E-state index is 0. The minimum Gasteiger partial charge on any atom is -0.335 e. The third-order valence-corrected chi connectivity index (χ3v) is 4.12. The first-order chi connectivity index (χ1) is 9.97. The van der Waals surface area contributed by atoms with Gasteiger partial charge in [0.25, 0.3) is 0 Å². The van der Waals surface area contributed by atoms with Crippen LogP contribution >= 0.6 is 12.4 Å². The summed E-state index contributed by atoms with van der Waals surface area (Å²) < 4.78 is 0. The van der Waals surface area contributed by atoms with Crippen LogP contribution in [0.5, 0.6) is 0 Å². The first kappa shape index (κ1) is 19.0. The maximum Gasteiger partial charge on any atom is 0.223 e. The number of halogens is 1. The predicted octanol–water partition coefficient (Wildman–Crippen LogP) is 3.85. The van der Waals surface area contributed by atoms with Crippen molar-refractivity contribution in [1.29, 1.82) is 0 Å². The fourth-order valence-corrected chi connectivity index (χ4v) is 2.51. The van der Waals surface area contributed by atoms with Crippen molar-refractivity contribution in [1.82, 2.24) is 4.90 Å². The molecule has 0 radical (unpaired) electrons. The summed E-state index contributed by atoms with van der Waals surface area (Å²) in [6.07, 6.45) is 3.63. The van der Waals surface area contributed by atoms with Crippen LogP contribution in [-0.4, -0.2) is 22.9 Å². The molecule has 2 N–H and O–H groups in total. The van der Waals surface area contributed by atoms with Crippen molar-refractivity contribution in [3.63, 3.8) is 0 Å². The van der Waals surface area contributed by atoms with Gasteiger partial charge in [0.2, 0.25) is 5.91 Å². The molecule has 1 aromatic carbocycles. The molecule has 1 unspecified atom stereocenters. The molecule has 0 aliphatic heterocycles. The molecule has 1 aliphatic rings. The van der Waals surface area contributed by atoms with Crippen molar-refractivity contribution in [3.8, 4) is 0 Å². The number of benzene rings is 1. The van der Waals surface area contributed by atoms with Gasteiger partial charge in [-0.15, -0.1) is 12.4 Å². The SMILES string of the molecule is CC(N)CCC(=O)N(Cc1ccc(C(C)C)cc1)C1CC1.Cl. The molecule has 0 spiro atoms. The normalized spacial score (nSPS) is 15.3. The topological polar surface area (TPSA) is 46.3 Å². The maximum atomic E-state index is 12.4. The highest BCUT2D eigenvalue weighted by Crippen LogP contribution is 2.29. The van der Waals surface area contributed by atoms with Gasteiger partial charge in [0.05, 0.1) is 0 Å². The second-order valence-electron chi connectivity index (χ2n) is 6.67. The number of hydrogen-bond donors (Lipinski definition) is 1. The molecular formula is C18H29ClN2O. The first-order valence-electron chi connectivity index (χ1n) is 8.11. The van der Waals surface area contributed by atoms with Crippen LogP contribution < -0.4 is 5.73 Å². The van der Waals surface area contributed by atoms with Crippen molar-refractivity contribution in [2.75, 3.05) is 0 Å². The van der Waals surface area contributed by atoms with Gasteiger partial charge in [-0.2, -0.15) is 0 Å². The summed E-state index contributed by atoms with van der Waals surface area (Å²) in [7, 11) is 0. The average Bonchev–Trinajstić information content (AvgIpc) is 3.27. The Morgan fingerprint density at radius 2 is 1.82 bits per heavy atom. The summed E-state index contributed by atoms with van der Waals surface area (Å²) in [6.45, 7) is 7.09. The molecule has 1 atom stereocenters. The van der Waals surface area contributed by atoms with E-state index in [1.165, 1.54) is 11.1 Å². The van der Waals surface area contributed by atoms with E-state index in [2.05, 4.69) is 38.1 Å². The maximum absolute atomic E-state index is 12.4. The molecule has 1 fully saturated rings. The van der Waals surface area contributed by atoms with E-state index in [4.69, 9.17) is 5.73 Å². The van der Waals surface area contributed by atoms with Crippen LogP contribution in [0.4, 0.5) is 0 Å². The van der Waals surface area contributed by atoms with Gasteiger partial charge in [-0.25, -0.2) is 0 Å². The van der Waals surface area contributed by atoms with Gasteiger partial charge in [-0.1, -0.05) is 38.1 Å². The van der Waals surface area contributed by atoms with E-state index in [-0.39, 0.29) is 24.4 Å². The smallest absolute Gasteiger partial charge is 0.223 e. The number of hydrogen-bond acceptors (Lipinski definition) is 2. The van der Waals surface area contributed by atoms with Crippen molar-refractivity contribution in [3.05, 3.63) is 35.4 Å². The highest BCUT2D eigenvalue weighted by atomic mass is 35.5. The summed E-state index contributed by atoms with van der Waals surface area (Å²) in [4.78, 5) is 14.4. The van der Waals surface area contributed by atoms with Crippen LogP contribution in [0, 0.1) is 0 Å². The minimum absolute atomic E-state index is 0. The lowest BCUT2D eigenvalue weighted by atomic mass is 10.0. The van der Waals surface area contributed by atoms with Crippen molar-refractivity contribution >= 4 is 18.3 Å².